The Morgan fingerprint density at radius 2 is 1.32 bits per heavy atom. The number of hydrogen-bond acceptors (Lipinski definition) is 5. The van der Waals surface area contributed by atoms with Crippen LogP contribution >= 0.6 is 0 Å². The normalized spacial score (nSPS) is 15.5. The Kier molecular flexibility index (Phi) is 11.0. The molecule has 37 heavy (non-hydrogen) atoms. The standard InChI is InChI=1S/C31H44O5Si/c1-25(2)24-37(26-14-8-5-9-15-26,27-16-10-6-11-17-27)36-23-22-31(19-12-7-13-20-31)21-18-28(29(32)34-3)30(33)35-4/h5-6,8-11,14-17,25,28H,7,12-13,18-24H2,1-4H3. The number of rotatable bonds is 13. The van der Waals surface area contributed by atoms with E-state index >= 15 is 0 Å². The van der Waals surface area contributed by atoms with Crippen LogP contribution in [0.3, 0.4) is 0 Å². The van der Waals surface area contributed by atoms with Crippen molar-refractivity contribution in [2.75, 3.05) is 20.8 Å². The van der Waals surface area contributed by atoms with E-state index in [-0.39, 0.29) is 5.41 Å². The molecule has 0 atom stereocenters. The van der Waals surface area contributed by atoms with Crippen molar-refractivity contribution in [1.29, 1.82) is 0 Å². The summed E-state index contributed by atoms with van der Waals surface area (Å²) in [4.78, 5) is 24.6. The van der Waals surface area contributed by atoms with E-state index in [4.69, 9.17) is 13.9 Å². The van der Waals surface area contributed by atoms with Gasteiger partial charge < -0.3 is 13.9 Å². The maximum Gasteiger partial charge on any atom is 0.320 e. The first-order chi connectivity index (χ1) is 17.9. The first kappa shape index (κ1) is 29.1. The molecule has 0 saturated heterocycles. The van der Waals surface area contributed by atoms with Gasteiger partial charge in [0.15, 0.2) is 5.92 Å². The number of hydrogen-bond donors (Lipinski definition) is 0. The van der Waals surface area contributed by atoms with Crippen LogP contribution in [-0.4, -0.2) is 41.1 Å². The lowest BCUT2D eigenvalue weighted by Gasteiger charge is -2.40. The van der Waals surface area contributed by atoms with Crippen molar-refractivity contribution in [3.8, 4) is 0 Å². The van der Waals surface area contributed by atoms with Crippen LogP contribution < -0.4 is 10.4 Å². The van der Waals surface area contributed by atoms with E-state index in [9.17, 15) is 9.59 Å². The lowest BCUT2D eigenvalue weighted by molar-refractivity contribution is -0.159. The predicted octanol–water partition coefficient (Wildman–Crippen LogP) is 5.50. The highest BCUT2D eigenvalue weighted by molar-refractivity contribution is 6.97. The number of carbonyl (C=O) groups is 2. The highest BCUT2D eigenvalue weighted by Gasteiger charge is 2.42. The van der Waals surface area contributed by atoms with Crippen molar-refractivity contribution in [3.05, 3.63) is 60.7 Å². The van der Waals surface area contributed by atoms with Crippen LogP contribution in [0.15, 0.2) is 60.7 Å². The van der Waals surface area contributed by atoms with Crippen LogP contribution in [0.2, 0.25) is 6.04 Å². The van der Waals surface area contributed by atoms with E-state index in [1.807, 2.05) is 0 Å². The Labute approximate surface area is 224 Å². The quantitative estimate of drug-likeness (QED) is 0.197. The Morgan fingerprint density at radius 1 is 0.811 bits per heavy atom. The molecule has 0 aromatic heterocycles. The molecule has 1 aliphatic carbocycles. The summed E-state index contributed by atoms with van der Waals surface area (Å²) in [6.45, 7) is 5.22. The van der Waals surface area contributed by atoms with Crippen LogP contribution in [0.5, 0.6) is 0 Å². The lowest BCUT2D eigenvalue weighted by Crippen LogP contribution is -2.61. The minimum Gasteiger partial charge on any atom is -0.468 e. The Bertz CT molecular complexity index is 914. The van der Waals surface area contributed by atoms with Gasteiger partial charge in [-0.3, -0.25) is 9.59 Å². The zero-order valence-corrected chi connectivity index (χ0v) is 24.0. The topological polar surface area (TPSA) is 61.8 Å². The summed E-state index contributed by atoms with van der Waals surface area (Å²) < 4.78 is 17.0. The van der Waals surface area contributed by atoms with Gasteiger partial charge in [0, 0.05) is 6.61 Å². The summed E-state index contributed by atoms with van der Waals surface area (Å²) in [5.74, 6) is -1.38. The molecule has 0 bridgehead atoms. The first-order valence-corrected chi connectivity index (χ1v) is 15.9. The third kappa shape index (κ3) is 7.54. The van der Waals surface area contributed by atoms with Gasteiger partial charge in [-0.1, -0.05) is 93.8 Å². The molecule has 2 aromatic carbocycles. The maximum atomic E-state index is 12.3. The molecule has 0 N–H and O–H groups in total. The van der Waals surface area contributed by atoms with Crippen LogP contribution in [-0.2, 0) is 23.5 Å². The van der Waals surface area contributed by atoms with Gasteiger partial charge in [-0.2, -0.15) is 0 Å². The van der Waals surface area contributed by atoms with Gasteiger partial charge in [-0.15, -0.1) is 0 Å². The van der Waals surface area contributed by atoms with E-state index in [0.29, 0.717) is 18.9 Å². The van der Waals surface area contributed by atoms with Gasteiger partial charge in [0.25, 0.3) is 8.32 Å². The zero-order valence-electron chi connectivity index (χ0n) is 23.0. The lowest BCUT2D eigenvalue weighted by atomic mass is 9.68. The predicted molar refractivity (Wildman–Crippen MR) is 150 cm³/mol. The van der Waals surface area contributed by atoms with Crippen LogP contribution in [0.1, 0.15) is 65.2 Å². The number of benzene rings is 2. The van der Waals surface area contributed by atoms with Gasteiger partial charge in [0.1, 0.15) is 0 Å². The molecule has 0 amide bonds. The monoisotopic (exact) mass is 524 g/mol. The average molecular weight is 525 g/mol. The zero-order chi connectivity index (χ0) is 26.7. The second-order valence-electron chi connectivity index (χ2n) is 11.0. The molecule has 0 heterocycles. The molecule has 5 nitrogen and oxygen atoms in total. The molecule has 0 unspecified atom stereocenters. The van der Waals surface area contributed by atoms with Gasteiger partial charge in [-0.05, 0) is 59.9 Å². The summed E-state index contributed by atoms with van der Waals surface area (Å²) in [5.41, 5.74) is 0.0594. The Morgan fingerprint density at radius 3 is 1.78 bits per heavy atom. The number of ether oxygens (including phenoxy) is 2. The number of methoxy groups -OCH3 is 2. The summed E-state index contributed by atoms with van der Waals surface area (Å²) in [7, 11) is 0.187. The molecular formula is C31H44O5Si. The molecule has 0 aliphatic heterocycles. The number of carbonyl (C=O) groups excluding carboxylic acids is 2. The first-order valence-electron chi connectivity index (χ1n) is 13.8. The van der Waals surface area contributed by atoms with E-state index in [1.54, 1.807) is 0 Å². The Hall–Kier alpha value is -2.44. The van der Waals surface area contributed by atoms with Gasteiger partial charge >= 0.3 is 11.9 Å². The van der Waals surface area contributed by atoms with Crippen LogP contribution in [0.4, 0.5) is 0 Å². The van der Waals surface area contributed by atoms with Crippen LogP contribution in [0.25, 0.3) is 0 Å². The van der Waals surface area contributed by atoms with E-state index in [0.717, 1.165) is 31.7 Å². The summed E-state index contributed by atoms with van der Waals surface area (Å²) in [6.07, 6.45) is 7.95. The third-order valence-electron chi connectivity index (χ3n) is 8.01. The second kappa shape index (κ2) is 13.9. The van der Waals surface area contributed by atoms with Crippen molar-refractivity contribution in [3.63, 3.8) is 0 Å². The van der Waals surface area contributed by atoms with Crippen molar-refractivity contribution < 1.29 is 23.5 Å². The molecule has 0 radical (unpaired) electrons. The fraction of sp³-hybridized carbons (Fsp3) is 0.548. The maximum absolute atomic E-state index is 12.3. The Balaban J connectivity index is 1.84. The van der Waals surface area contributed by atoms with Gasteiger partial charge in [0.2, 0.25) is 0 Å². The molecule has 6 heteroatoms. The summed E-state index contributed by atoms with van der Waals surface area (Å²) in [6, 6.07) is 22.5. The van der Waals surface area contributed by atoms with E-state index < -0.39 is 26.2 Å². The second-order valence-corrected chi connectivity index (χ2v) is 14.5. The molecule has 1 aliphatic rings. The highest BCUT2D eigenvalue weighted by Crippen LogP contribution is 2.44. The average Bonchev–Trinajstić information content (AvgIpc) is 2.93. The molecule has 1 fully saturated rings. The van der Waals surface area contributed by atoms with E-state index in [1.165, 1.54) is 43.9 Å². The SMILES string of the molecule is COC(=O)C(CCC1(CCO[Si](CC(C)C)(c2ccccc2)c2ccccc2)CCCCC1)C(=O)OC. The number of esters is 2. The minimum absolute atomic E-state index is 0.0594. The molecule has 202 valence electrons. The highest BCUT2D eigenvalue weighted by atomic mass is 28.4. The molecular weight excluding hydrogens is 480 g/mol. The van der Waals surface area contributed by atoms with E-state index in [2.05, 4.69) is 74.5 Å². The minimum atomic E-state index is -2.47. The van der Waals surface area contributed by atoms with Gasteiger partial charge in [-0.25, -0.2) is 0 Å². The molecule has 3 rings (SSSR count). The van der Waals surface area contributed by atoms with Crippen LogP contribution in [0, 0.1) is 17.3 Å². The summed E-state index contributed by atoms with van der Waals surface area (Å²) >= 11 is 0. The van der Waals surface area contributed by atoms with Crippen molar-refractivity contribution in [2.45, 2.75) is 71.3 Å². The van der Waals surface area contributed by atoms with Crippen molar-refractivity contribution in [2.24, 2.45) is 17.3 Å². The smallest absolute Gasteiger partial charge is 0.320 e. The van der Waals surface area contributed by atoms with Crippen molar-refractivity contribution in [1.82, 2.24) is 0 Å². The summed E-state index contributed by atoms with van der Waals surface area (Å²) in [5, 5.41) is 2.62. The van der Waals surface area contributed by atoms with Gasteiger partial charge in [0.05, 0.1) is 14.2 Å². The molecule has 2 aromatic rings. The van der Waals surface area contributed by atoms with Crippen molar-refractivity contribution >= 4 is 30.6 Å². The fourth-order valence-corrected chi connectivity index (χ4v) is 10.4. The molecule has 0 spiro atoms. The molecule has 1 saturated carbocycles. The largest absolute Gasteiger partial charge is 0.468 e. The fourth-order valence-electron chi connectivity index (χ4n) is 6.05. The third-order valence-corrected chi connectivity index (χ3v) is 12.6.